The van der Waals surface area contributed by atoms with Gasteiger partial charge in [-0.15, -0.1) is 0 Å². The van der Waals surface area contributed by atoms with Crippen molar-refractivity contribution in [3.05, 3.63) is 95.1 Å². The van der Waals surface area contributed by atoms with Crippen LogP contribution in [0.25, 0.3) is 0 Å². The molecule has 3 aromatic rings. The fraction of sp³-hybridized carbons (Fsp3) is 0.387. The maximum Gasteiger partial charge on any atom is 0.294 e. The third-order valence-corrected chi connectivity index (χ3v) is 7.32. The molecule has 39 heavy (non-hydrogen) atoms. The minimum absolute atomic E-state index is 0.0201. The number of ketones is 1. The van der Waals surface area contributed by atoms with Crippen molar-refractivity contribution in [1.82, 2.24) is 5.32 Å². The molecule has 0 aliphatic heterocycles. The highest BCUT2D eigenvalue weighted by Crippen LogP contribution is 2.33. The zero-order valence-electron chi connectivity index (χ0n) is 23.1. The fourth-order valence-electron chi connectivity index (χ4n) is 4.33. The lowest BCUT2D eigenvalue weighted by atomic mass is 9.79. The predicted octanol–water partition coefficient (Wildman–Crippen LogP) is 5.04. The van der Waals surface area contributed by atoms with E-state index >= 15 is 0 Å². The molecule has 8 heteroatoms. The summed E-state index contributed by atoms with van der Waals surface area (Å²) in [5.41, 5.74) is 3.86. The first-order chi connectivity index (χ1) is 18.3. The highest BCUT2D eigenvalue weighted by molar-refractivity contribution is 7.85. The summed E-state index contributed by atoms with van der Waals surface area (Å²) in [7, 11) is -4.02. The average molecular weight is 554 g/mol. The second-order valence-corrected chi connectivity index (χ2v) is 12.4. The SMILES string of the molecule is CC(C)(C)NCC(O)COc1cccc2c1CCC(Cc1ccccc1)C2=O.Cc1ccc(S(=O)(=O)O)cc1. The van der Waals surface area contributed by atoms with Gasteiger partial charge in [-0.3, -0.25) is 9.35 Å². The van der Waals surface area contributed by atoms with Crippen molar-refractivity contribution in [1.29, 1.82) is 0 Å². The number of carbonyl (C=O) groups is 1. The molecule has 4 rings (SSSR count). The van der Waals surface area contributed by atoms with Crippen LogP contribution >= 0.6 is 0 Å². The summed E-state index contributed by atoms with van der Waals surface area (Å²) in [5, 5.41) is 13.5. The van der Waals surface area contributed by atoms with Gasteiger partial charge in [0.05, 0.1) is 4.90 Å². The van der Waals surface area contributed by atoms with Crippen LogP contribution < -0.4 is 10.1 Å². The molecule has 0 radical (unpaired) electrons. The Bertz CT molecular complexity index is 1330. The van der Waals surface area contributed by atoms with E-state index in [1.54, 1.807) is 12.1 Å². The third-order valence-electron chi connectivity index (χ3n) is 6.46. The molecule has 2 atom stereocenters. The number of rotatable bonds is 8. The topological polar surface area (TPSA) is 113 Å². The monoisotopic (exact) mass is 553 g/mol. The number of ether oxygens (including phenoxy) is 1. The van der Waals surface area contributed by atoms with Gasteiger partial charge in [0.2, 0.25) is 0 Å². The van der Waals surface area contributed by atoms with Crippen molar-refractivity contribution in [3.8, 4) is 5.75 Å². The van der Waals surface area contributed by atoms with E-state index in [0.29, 0.717) is 6.54 Å². The number of aryl methyl sites for hydroxylation is 1. The van der Waals surface area contributed by atoms with Gasteiger partial charge in [-0.2, -0.15) is 8.42 Å². The number of nitrogens with one attached hydrogen (secondary N) is 1. The van der Waals surface area contributed by atoms with E-state index in [9.17, 15) is 18.3 Å². The van der Waals surface area contributed by atoms with Crippen molar-refractivity contribution < 1.29 is 27.6 Å². The van der Waals surface area contributed by atoms with Crippen LogP contribution in [0.3, 0.4) is 0 Å². The molecule has 0 amide bonds. The lowest BCUT2D eigenvalue weighted by molar-refractivity contribution is 0.0893. The van der Waals surface area contributed by atoms with Gasteiger partial charge in [0.15, 0.2) is 5.78 Å². The molecule has 2 unspecified atom stereocenters. The zero-order valence-corrected chi connectivity index (χ0v) is 23.9. The lowest BCUT2D eigenvalue weighted by Gasteiger charge is -2.26. The van der Waals surface area contributed by atoms with Crippen molar-refractivity contribution in [3.63, 3.8) is 0 Å². The normalized spacial score (nSPS) is 16.1. The van der Waals surface area contributed by atoms with E-state index in [0.717, 1.165) is 41.7 Å². The van der Waals surface area contributed by atoms with Crippen LogP contribution in [0, 0.1) is 12.8 Å². The number of Topliss-reactive ketones (excluding diaryl/α,β-unsaturated/α-hetero) is 1. The molecular weight excluding hydrogens is 514 g/mol. The molecular formula is C31H39NO6S. The minimum atomic E-state index is -4.02. The first-order valence-electron chi connectivity index (χ1n) is 13.1. The first kappa shape index (κ1) is 30.5. The molecule has 0 fully saturated rings. The van der Waals surface area contributed by atoms with Crippen LogP contribution in [0.4, 0.5) is 0 Å². The molecule has 0 bridgehead atoms. The zero-order chi connectivity index (χ0) is 28.6. The van der Waals surface area contributed by atoms with Crippen molar-refractivity contribution >= 4 is 15.9 Å². The molecule has 0 saturated carbocycles. The summed E-state index contributed by atoms with van der Waals surface area (Å²) in [5.74, 6) is 0.941. The molecule has 7 nitrogen and oxygen atoms in total. The number of β-amino-alcohol motifs (C(OH)–C–C–N with tert-alkyl or cyclic N) is 1. The van der Waals surface area contributed by atoms with Crippen molar-refractivity contribution in [2.45, 2.75) is 63.5 Å². The van der Waals surface area contributed by atoms with E-state index in [2.05, 4.69) is 38.2 Å². The Morgan fingerprint density at radius 1 is 1.00 bits per heavy atom. The smallest absolute Gasteiger partial charge is 0.294 e. The molecule has 210 valence electrons. The highest BCUT2D eigenvalue weighted by atomic mass is 32.2. The van der Waals surface area contributed by atoms with Crippen LogP contribution in [-0.4, -0.2) is 48.7 Å². The quantitative estimate of drug-likeness (QED) is 0.335. The van der Waals surface area contributed by atoms with Crippen LogP contribution in [0.2, 0.25) is 0 Å². The van der Waals surface area contributed by atoms with Gasteiger partial charge in [0.25, 0.3) is 10.1 Å². The van der Waals surface area contributed by atoms with Gasteiger partial charge in [-0.25, -0.2) is 0 Å². The Labute approximate surface area is 232 Å². The molecule has 3 N–H and O–H groups in total. The van der Waals surface area contributed by atoms with Crippen LogP contribution in [0.1, 0.15) is 54.2 Å². The van der Waals surface area contributed by atoms with Gasteiger partial charge in [-0.05, 0) is 70.7 Å². The van der Waals surface area contributed by atoms with Crippen LogP contribution in [0.5, 0.6) is 5.75 Å². The number of benzene rings is 3. The van der Waals surface area contributed by atoms with Crippen LogP contribution in [0.15, 0.2) is 77.7 Å². The Morgan fingerprint density at radius 2 is 1.67 bits per heavy atom. The summed E-state index contributed by atoms with van der Waals surface area (Å²) < 4.78 is 35.4. The number of aliphatic hydroxyl groups is 1. The molecule has 0 aromatic heterocycles. The number of fused-ring (bicyclic) bond motifs is 1. The molecule has 3 aromatic carbocycles. The summed E-state index contributed by atoms with van der Waals surface area (Å²) in [6.45, 7) is 8.70. The largest absolute Gasteiger partial charge is 0.491 e. The summed E-state index contributed by atoms with van der Waals surface area (Å²) >= 11 is 0. The van der Waals surface area contributed by atoms with Gasteiger partial charge < -0.3 is 15.2 Å². The Kier molecular flexibility index (Phi) is 10.4. The second kappa shape index (κ2) is 13.3. The lowest BCUT2D eigenvalue weighted by Crippen LogP contribution is -2.42. The maximum atomic E-state index is 13.0. The number of hydrogen-bond acceptors (Lipinski definition) is 6. The van der Waals surface area contributed by atoms with Gasteiger partial charge >= 0.3 is 0 Å². The number of aliphatic hydroxyl groups excluding tert-OH is 1. The van der Waals surface area contributed by atoms with E-state index < -0.39 is 16.2 Å². The summed E-state index contributed by atoms with van der Waals surface area (Å²) in [6, 6.07) is 21.8. The maximum absolute atomic E-state index is 13.0. The van der Waals surface area contributed by atoms with Gasteiger partial charge in [-0.1, -0.05) is 60.2 Å². The summed E-state index contributed by atoms with van der Waals surface area (Å²) in [6.07, 6.45) is 1.84. The van der Waals surface area contributed by atoms with E-state index in [4.69, 9.17) is 9.29 Å². The number of carbonyl (C=O) groups excluding carboxylic acids is 1. The molecule has 0 spiro atoms. The molecule has 1 aliphatic rings. The second-order valence-electron chi connectivity index (χ2n) is 11.0. The predicted molar refractivity (Wildman–Crippen MR) is 153 cm³/mol. The average Bonchev–Trinajstić information content (AvgIpc) is 2.88. The van der Waals surface area contributed by atoms with Crippen LogP contribution in [-0.2, 0) is 23.0 Å². The fourth-order valence-corrected chi connectivity index (χ4v) is 4.81. The van der Waals surface area contributed by atoms with Crippen molar-refractivity contribution in [2.75, 3.05) is 13.2 Å². The Morgan fingerprint density at radius 3 is 2.28 bits per heavy atom. The summed E-state index contributed by atoms with van der Waals surface area (Å²) in [4.78, 5) is 12.9. The minimum Gasteiger partial charge on any atom is -0.491 e. The Balaban J connectivity index is 0.000000320. The van der Waals surface area contributed by atoms with Crippen molar-refractivity contribution in [2.24, 2.45) is 5.92 Å². The highest BCUT2D eigenvalue weighted by Gasteiger charge is 2.29. The van der Waals surface area contributed by atoms with Gasteiger partial charge in [0, 0.05) is 29.1 Å². The molecule has 0 saturated heterocycles. The van der Waals surface area contributed by atoms with E-state index in [-0.39, 0.29) is 28.7 Å². The number of hydrogen-bond donors (Lipinski definition) is 3. The third kappa shape index (κ3) is 9.58. The van der Waals surface area contributed by atoms with E-state index in [1.165, 1.54) is 17.7 Å². The van der Waals surface area contributed by atoms with Gasteiger partial charge in [0.1, 0.15) is 18.5 Å². The standard InChI is InChI=1S/C24H31NO3.C7H8O3S/c1-24(2,3)25-15-19(26)16-28-22-11-7-10-21-20(22)13-12-18(23(21)27)14-17-8-5-4-6-9-17;1-6-2-4-7(5-3-6)11(8,9)10/h4-11,18-19,25-26H,12-16H2,1-3H3;2-5H,1H3,(H,8,9,10). The first-order valence-corrected chi connectivity index (χ1v) is 14.6. The van der Waals surface area contributed by atoms with E-state index in [1.807, 2.05) is 43.3 Å². The molecule has 1 aliphatic carbocycles. The molecule has 0 heterocycles. The Hall–Kier alpha value is -3.04.